The van der Waals surface area contributed by atoms with Crippen molar-refractivity contribution >= 4 is 11.7 Å². The van der Waals surface area contributed by atoms with Crippen molar-refractivity contribution in [2.45, 2.75) is 18.9 Å². The predicted molar refractivity (Wildman–Crippen MR) is 54.2 cm³/mol. The largest absolute Gasteiger partial charge is 0.480 e. The third-order valence-corrected chi connectivity index (χ3v) is 2.46. The number of aliphatic carboxylic acids is 1. The van der Waals surface area contributed by atoms with E-state index in [1.165, 1.54) is 0 Å². The Morgan fingerprint density at radius 2 is 2.00 bits per heavy atom. The average Bonchev–Trinajstić information content (AvgIpc) is 2.99. The number of nitrogens with one attached hydrogen (secondary N) is 1. The van der Waals surface area contributed by atoms with Crippen LogP contribution in [0.15, 0.2) is 30.3 Å². The molecule has 1 aliphatic carbocycles. The number of benzene rings is 1. The summed E-state index contributed by atoms with van der Waals surface area (Å²) < 4.78 is 0. The first-order valence-electron chi connectivity index (χ1n) is 4.82. The van der Waals surface area contributed by atoms with E-state index in [1.807, 2.05) is 30.3 Å². The van der Waals surface area contributed by atoms with Gasteiger partial charge in [0.15, 0.2) is 0 Å². The molecular formula is C11H13NO2. The van der Waals surface area contributed by atoms with Crippen LogP contribution in [0.2, 0.25) is 0 Å². The summed E-state index contributed by atoms with van der Waals surface area (Å²) in [5.41, 5.74) is 0.881. The number of hydrogen-bond acceptors (Lipinski definition) is 2. The average molecular weight is 191 g/mol. The predicted octanol–water partition coefficient (Wildman–Crippen LogP) is 1.96. The van der Waals surface area contributed by atoms with Gasteiger partial charge in [0, 0.05) is 5.69 Å². The van der Waals surface area contributed by atoms with Gasteiger partial charge in [-0.05, 0) is 30.9 Å². The topological polar surface area (TPSA) is 49.3 Å². The molecule has 0 radical (unpaired) electrons. The third-order valence-electron chi connectivity index (χ3n) is 2.46. The Labute approximate surface area is 82.8 Å². The minimum atomic E-state index is -0.753. The van der Waals surface area contributed by atoms with E-state index in [-0.39, 0.29) is 0 Å². The Morgan fingerprint density at radius 1 is 1.36 bits per heavy atom. The fourth-order valence-electron chi connectivity index (χ4n) is 1.52. The highest BCUT2D eigenvalue weighted by Gasteiger charge is 2.36. The number of carbonyl (C=O) groups is 1. The van der Waals surface area contributed by atoms with E-state index in [0.29, 0.717) is 5.92 Å². The van der Waals surface area contributed by atoms with E-state index >= 15 is 0 Å². The molecule has 0 saturated heterocycles. The van der Waals surface area contributed by atoms with Crippen molar-refractivity contribution in [2.75, 3.05) is 5.32 Å². The molecule has 1 saturated carbocycles. The lowest BCUT2D eigenvalue weighted by Crippen LogP contribution is -2.31. The number of rotatable bonds is 4. The molecule has 0 heterocycles. The fraction of sp³-hybridized carbons (Fsp3) is 0.364. The molecule has 1 aliphatic rings. The summed E-state index contributed by atoms with van der Waals surface area (Å²) in [4.78, 5) is 10.9. The first kappa shape index (κ1) is 9.06. The SMILES string of the molecule is O=C(O)C(Nc1ccccc1)C1CC1. The second kappa shape index (κ2) is 3.70. The lowest BCUT2D eigenvalue weighted by molar-refractivity contribution is -0.138. The number of para-hydroxylation sites is 1. The van der Waals surface area contributed by atoms with Crippen molar-refractivity contribution in [3.8, 4) is 0 Å². The summed E-state index contributed by atoms with van der Waals surface area (Å²) in [6, 6.07) is 9.06. The highest BCUT2D eigenvalue weighted by atomic mass is 16.4. The first-order valence-corrected chi connectivity index (χ1v) is 4.82. The molecule has 3 heteroatoms. The molecule has 1 aromatic carbocycles. The maximum absolute atomic E-state index is 10.9. The van der Waals surface area contributed by atoms with E-state index in [1.54, 1.807) is 0 Å². The molecule has 0 aromatic heterocycles. The Kier molecular flexibility index (Phi) is 2.39. The standard InChI is InChI=1S/C11H13NO2/c13-11(14)10(8-6-7-8)12-9-4-2-1-3-5-9/h1-5,8,10,12H,6-7H2,(H,13,14). The van der Waals surface area contributed by atoms with Gasteiger partial charge in [-0.2, -0.15) is 0 Å². The summed E-state index contributed by atoms with van der Waals surface area (Å²) in [6.07, 6.45) is 2.05. The molecule has 0 bridgehead atoms. The van der Waals surface area contributed by atoms with Gasteiger partial charge in [0.25, 0.3) is 0 Å². The third kappa shape index (κ3) is 2.05. The molecule has 2 rings (SSSR count). The van der Waals surface area contributed by atoms with Gasteiger partial charge in [-0.1, -0.05) is 18.2 Å². The second-order valence-corrected chi connectivity index (χ2v) is 3.66. The van der Waals surface area contributed by atoms with E-state index < -0.39 is 12.0 Å². The van der Waals surface area contributed by atoms with Crippen molar-refractivity contribution in [2.24, 2.45) is 5.92 Å². The first-order chi connectivity index (χ1) is 6.77. The van der Waals surface area contributed by atoms with Crippen molar-refractivity contribution in [1.82, 2.24) is 0 Å². The molecule has 1 fully saturated rings. The monoisotopic (exact) mass is 191 g/mol. The normalized spacial score (nSPS) is 17.4. The van der Waals surface area contributed by atoms with Crippen LogP contribution in [0.25, 0.3) is 0 Å². The lowest BCUT2D eigenvalue weighted by Gasteiger charge is -2.14. The zero-order chi connectivity index (χ0) is 9.97. The second-order valence-electron chi connectivity index (χ2n) is 3.66. The van der Waals surface area contributed by atoms with Crippen LogP contribution >= 0.6 is 0 Å². The summed E-state index contributed by atoms with van der Waals surface area (Å²) in [7, 11) is 0. The number of hydrogen-bond donors (Lipinski definition) is 2. The van der Waals surface area contributed by atoms with Gasteiger partial charge in [-0.25, -0.2) is 4.79 Å². The summed E-state index contributed by atoms with van der Waals surface area (Å²) >= 11 is 0. The van der Waals surface area contributed by atoms with Crippen LogP contribution in [0.3, 0.4) is 0 Å². The summed E-state index contributed by atoms with van der Waals surface area (Å²) in [6.45, 7) is 0. The molecule has 1 atom stereocenters. The Hall–Kier alpha value is -1.51. The highest BCUT2D eigenvalue weighted by molar-refractivity contribution is 5.78. The van der Waals surface area contributed by atoms with Gasteiger partial charge in [0.05, 0.1) is 0 Å². The Morgan fingerprint density at radius 3 is 2.50 bits per heavy atom. The van der Waals surface area contributed by atoms with Gasteiger partial charge in [-0.15, -0.1) is 0 Å². The fourth-order valence-corrected chi connectivity index (χ4v) is 1.52. The summed E-state index contributed by atoms with van der Waals surface area (Å²) in [5, 5.41) is 12.0. The molecule has 1 aromatic rings. The van der Waals surface area contributed by atoms with Crippen LogP contribution in [-0.2, 0) is 4.79 Å². The molecule has 0 spiro atoms. The zero-order valence-electron chi connectivity index (χ0n) is 7.81. The van der Waals surface area contributed by atoms with Crippen LogP contribution in [0, 0.1) is 5.92 Å². The molecule has 0 amide bonds. The maximum atomic E-state index is 10.9. The minimum absolute atomic E-state index is 0.313. The van der Waals surface area contributed by atoms with Gasteiger partial charge in [0.1, 0.15) is 6.04 Å². The van der Waals surface area contributed by atoms with E-state index in [0.717, 1.165) is 18.5 Å². The van der Waals surface area contributed by atoms with Crippen molar-refractivity contribution in [3.05, 3.63) is 30.3 Å². The number of anilines is 1. The van der Waals surface area contributed by atoms with Crippen LogP contribution in [0.1, 0.15) is 12.8 Å². The molecule has 2 N–H and O–H groups in total. The van der Waals surface area contributed by atoms with Gasteiger partial charge in [-0.3, -0.25) is 0 Å². The quantitative estimate of drug-likeness (QED) is 0.764. The van der Waals surface area contributed by atoms with Crippen molar-refractivity contribution in [3.63, 3.8) is 0 Å². The molecule has 0 aliphatic heterocycles. The van der Waals surface area contributed by atoms with Crippen molar-refractivity contribution < 1.29 is 9.90 Å². The minimum Gasteiger partial charge on any atom is -0.480 e. The van der Waals surface area contributed by atoms with E-state index in [2.05, 4.69) is 5.32 Å². The van der Waals surface area contributed by atoms with Gasteiger partial charge in [0.2, 0.25) is 0 Å². The summed E-state index contributed by atoms with van der Waals surface area (Å²) in [5.74, 6) is -0.441. The Balaban J connectivity index is 2.04. The highest BCUT2D eigenvalue weighted by Crippen LogP contribution is 2.34. The van der Waals surface area contributed by atoms with Crippen molar-refractivity contribution in [1.29, 1.82) is 0 Å². The Bertz CT molecular complexity index is 319. The maximum Gasteiger partial charge on any atom is 0.326 e. The van der Waals surface area contributed by atoms with E-state index in [9.17, 15) is 4.79 Å². The molecule has 74 valence electrons. The number of carboxylic acid groups (broad SMARTS) is 1. The number of carboxylic acids is 1. The molecular weight excluding hydrogens is 178 g/mol. The lowest BCUT2D eigenvalue weighted by atomic mass is 10.2. The van der Waals surface area contributed by atoms with Crippen LogP contribution < -0.4 is 5.32 Å². The van der Waals surface area contributed by atoms with Gasteiger partial charge < -0.3 is 10.4 Å². The molecule has 3 nitrogen and oxygen atoms in total. The van der Waals surface area contributed by atoms with Crippen LogP contribution in [0.5, 0.6) is 0 Å². The smallest absolute Gasteiger partial charge is 0.326 e. The molecule has 1 unspecified atom stereocenters. The van der Waals surface area contributed by atoms with E-state index in [4.69, 9.17) is 5.11 Å². The zero-order valence-corrected chi connectivity index (χ0v) is 7.81. The van der Waals surface area contributed by atoms with Crippen LogP contribution in [-0.4, -0.2) is 17.1 Å². The molecule has 14 heavy (non-hydrogen) atoms. The van der Waals surface area contributed by atoms with Crippen LogP contribution in [0.4, 0.5) is 5.69 Å². The van der Waals surface area contributed by atoms with Gasteiger partial charge >= 0.3 is 5.97 Å².